The molecule has 3 heterocycles. The first-order valence-corrected chi connectivity index (χ1v) is 10.0. The molecule has 3 rings (SSSR count). The highest BCUT2D eigenvalue weighted by molar-refractivity contribution is 8.00. The molecule has 156 valence electrons. The van der Waals surface area contributed by atoms with E-state index in [1.165, 1.54) is 13.4 Å². The fourth-order valence-electron chi connectivity index (χ4n) is 2.85. The lowest BCUT2D eigenvalue weighted by Gasteiger charge is -2.55. The number of fused-ring (bicyclic) bond motifs is 1. The Morgan fingerprint density at radius 1 is 1.55 bits per heavy atom. The summed E-state index contributed by atoms with van der Waals surface area (Å²) in [7, 11) is 1.25. The molecule has 2 atom stereocenters. The van der Waals surface area contributed by atoms with Crippen molar-refractivity contribution in [1.29, 1.82) is 0 Å². The zero-order valence-electron chi connectivity index (χ0n) is 14.9. The normalized spacial score (nSPS) is 23.3. The number of carboxylic acid groups (broad SMARTS) is 1. The van der Waals surface area contributed by atoms with Gasteiger partial charge < -0.3 is 25.6 Å². The molecule has 1 aromatic heterocycles. The van der Waals surface area contributed by atoms with E-state index in [0.717, 1.165) is 28.4 Å². The Labute approximate surface area is 171 Å². The molecular formula is C14H16N6O7S2. The maximum Gasteiger partial charge on any atom is 0.404 e. The van der Waals surface area contributed by atoms with Gasteiger partial charge in [0, 0.05) is 18.4 Å². The van der Waals surface area contributed by atoms with E-state index in [1.54, 1.807) is 0 Å². The summed E-state index contributed by atoms with van der Waals surface area (Å²) < 4.78 is 9.98. The molecule has 3 amide bonds. The number of carboxylic acids is 1. The summed E-state index contributed by atoms with van der Waals surface area (Å²) in [6.07, 6.45) is 0.231. The Morgan fingerprint density at radius 2 is 2.31 bits per heavy atom. The van der Waals surface area contributed by atoms with Crippen LogP contribution in [0, 0.1) is 0 Å². The van der Waals surface area contributed by atoms with Crippen molar-refractivity contribution in [3.8, 4) is 0 Å². The van der Waals surface area contributed by atoms with Crippen LogP contribution in [0.2, 0.25) is 0 Å². The number of methoxy groups -OCH3 is 1. The number of nitrogens with two attached hydrogens (primary N) is 1. The topological polar surface area (TPSA) is 190 Å². The third-order valence-corrected chi connectivity index (χ3v) is 6.33. The van der Waals surface area contributed by atoms with E-state index in [2.05, 4.69) is 25.2 Å². The predicted octanol–water partition coefficient (Wildman–Crippen LogP) is -1.30. The number of thioether (sulfide) groups is 2. The molecule has 13 nitrogen and oxygen atoms in total. The van der Waals surface area contributed by atoms with Crippen LogP contribution in [0.3, 0.4) is 0 Å². The van der Waals surface area contributed by atoms with Crippen LogP contribution in [0.5, 0.6) is 0 Å². The molecule has 1 fully saturated rings. The van der Waals surface area contributed by atoms with Crippen LogP contribution in [0.25, 0.3) is 0 Å². The number of rotatable bonds is 8. The second-order valence-electron chi connectivity index (χ2n) is 5.77. The summed E-state index contributed by atoms with van der Waals surface area (Å²) in [6, 6.07) is 0. The van der Waals surface area contributed by atoms with Crippen molar-refractivity contribution in [1.82, 2.24) is 25.4 Å². The lowest BCUT2D eigenvalue weighted by Crippen LogP contribution is -2.80. The second-order valence-corrected chi connectivity index (χ2v) is 7.80. The number of H-pyrrole nitrogens is 1. The Balaban J connectivity index is 1.75. The van der Waals surface area contributed by atoms with Crippen molar-refractivity contribution >= 4 is 47.4 Å². The standard InChI is InChI=1S/C14H16N6O7S2/c1-26-14(18-7(21)4-29-13-16-5-17-19-13)10(24)20-8(9(22)23)6(2-27-12(15)25)3-28-11(14)20/h5,11H,2-4H2,1H3,(H2,15,25)(H,18,21)(H,22,23)(H,16,17,19)/t11-,14+/m1/s1. The number of aromatic nitrogens is 3. The van der Waals surface area contributed by atoms with Gasteiger partial charge in [-0.05, 0) is 0 Å². The summed E-state index contributed by atoms with van der Waals surface area (Å²) >= 11 is 2.24. The molecule has 29 heavy (non-hydrogen) atoms. The van der Waals surface area contributed by atoms with E-state index in [1.807, 2.05) is 0 Å². The van der Waals surface area contributed by atoms with Crippen molar-refractivity contribution < 1.29 is 33.8 Å². The van der Waals surface area contributed by atoms with Gasteiger partial charge in [0.2, 0.25) is 5.91 Å². The SMILES string of the molecule is CO[C@@]1(NC(=O)CSc2ncn[nH]2)C(=O)N2C(C(=O)O)=C(COC(N)=O)CS[C@@H]21. The molecule has 2 aliphatic rings. The number of carbonyl (C=O) groups excluding carboxylic acids is 3. The van der Waals surface area contributed by atoms with E-state index in [-0.39, 0.29) is 29.4 Å². The van der Waals surface area contributed by atoms with Crippen LogP contribution in [0.15, 0.2) is 22.8 Å². The van der Waals surface area contributed by atoms with Gasteiger partial charge in [0.05, 0.1) is 5.75 Å². The number of nitrogens with zero attached hydrogens (tertiary/aromatic N) is 3. The summed E-state index contributed by atoms with van der Waals surface area (Å²) in [4.78, 5) is 52.6. The molecular weight excluding hydrogens is 428 g/mol. The zero-order valence-corrected chi connectivity index (χ0v) is 16.5. The van der Waals surface area contributed by atoms with Gasteiger partial charge in [-0.1, -0.05) is 11.8 Å². The van der Waals surface area contributed by atoms with Crippen molar-refractivity contribution in [3.05, 3.63) is 17.6 Å². The summed E-state index contributed by atoms with van der Waals surface area (Å²) in [6.45, 7) is -0.360. The van der Waals surface area contributed by atoms with E-state index in [4.69, 9.17) is 10.5 Å². The average molecular weight is 444 g/mol. The maximum atomic E-state index is 12.8. The van der Waals surface area contributed by atoms with Gasteiger partial charge >= 0.3 is 12.1 Å². The molecule has 1 saturated heterocycles. The van der Waals surface area contributed by atoms with Crippen LogP contribution in [0.1, 0.15) is 0 Å². The molecule has 0 radical (unpaired) electrons. The van der Waals surface area contributed by atoms with Crippen molar-refractivity contribution in [2.24, 2.45) is 5.73 Å². The van der Waals surface area contributed by atoms with Gasteiger partial charge in [-0.2, -0.15) is 5.10 Å². The molecule has 15 heteroatoms. The number of carbonyl (C=O) groups is 4. The highest BCUT2D eigenvalue weighted by Crippen LogP contribution is 2.46. The number of hydrogen-bond donors (Lipinski definition) is 4. The lowest BCUT2D eigenvalue weighted by molar-refractivity contribution is -0.192. The Kier molecular flexibility index (Phi) is 5.99. The first kappa shape index (κ1) is 20.9. The monoisotopic (exact) mass is 444 g/mol. The van der Waals surface area contributed by atoms with Crippen molar-refractivity contribution in [2.45, 2.75) is 16.3 Å². The van der Waals surface area contributed by atoms with Crippen LogP contribution >= 0.6 is 23.5 Å². The van der Waals surface area contributed by atoms with Crippen LogP contribution in [0.4, 0.5) is 4.79 Å². The lowest BCUT2D eigenvalue weighted by atomic mass is 9.98. The average Bonchev–Trinajstić information content (AvgIpc) is 3.21. The highest BCUT2D eigenvalue weighted by Gasteiger charge is 2.66. The van der Waals surface area contributed by atoms with Crippen molar-refractivity contribution in [2.75, 3.05) is 25.2 Å². The Bertz CT molecular complexity index is 876. The Morgan fingerprint density at radius 3 is 2.90 bits per heavy atom. The molecule has 0 saturated carbocycles. The Hall–Kier alpha value is -2.78. The maximum absolute atomic E-state index is 12.8. The van der Waals surface area contributed by atoms with Gasteiger partial charge in [-0.15, -0.1) is 11.8 Å². The third kappa shape index (κ3) is 3.88. The van der Waals surface area contributed by atoms with E-state index in [9.17, 15) is 24.3 Å². The van der Waals surface area contributed by atoms with E-state index in [0.29, 0.717) is 5.16 Å². The first-order valence-electron chi connectivity index (χ1n) is 7.97. The molecule has 0 spiro atoms. The molecule has 0 aliphatic carbocycles. The third-order valence-electron chi connectivity index (χ3n) is 4.08. The zero-order chi connectivity index (χ0) is 21.2. The first-order chi connectivity index (χ1) is 13.8. The van der Waals surface area contributed by atoms with E-state index >= 15 is 0 Å². The predicted molar refractivity (Wildman–Crippen MR) is 98.3 cm³/mol. The number of primary amides is 1. The van der Waals surface area contributed by atoms with Crippen LogP contribution < -0.4 is 11.1 Å². The molecule has 0 bridgehead atoms. The highest BCUT2D eigenvalue weighted by atomic mass is 32.2. The van der Waals surface area contributed by atoms with Gasteiger partial charge in [0.25, 0.3) is 11.6 Å². The number of amides is 3. The molecule has 1 aromatic rings. The molecule has 2 aliphatic heterocycles. The van der Waals surface area contributed by atoms with Crippen molar-refractivity contribution in [3.63, 3.8) is 0 Å². The number of ether oxygens (including phenoxy) is 2. The number of nitrogens with one attached hydrogen (secondary N) is 2. The molecule has 0 unspecified atom stereocenters. The largest absolute Gasteiger partial charge is 0.477 e. The molecule has 0 aromatic carbocycles. The number of aliphatic carboxylic acids is 1. The fraction of sp³-hybridized carbons (Fsp3) is 0.429. The quantitative estimate of drug-likeness (QED) is 0.212. The van der Waals surface area contributed by atoms with Gasteiger partial charge in [-0.3, -0.25) is 19.6 Å². The minimum atomic E-state index is -1.71. The van der Waals surface area contributed by atoms with Crippen LogP contribution in [-0.4, -0.2) is 85.4 Å². The minimum absolute atomic E-state index is 0.0652. The minimum Gasteiger partial charge on any atom is -0.477 e. The summed E-state index contributed by atoms with van der Waals surface area (Å²) in [5.41, 5.74) is 3.10. The number of hydrogen-bond acceptors (Lipinski definition) is 10. The smallest absolute Gasteiger partial charge is 0.404 e. The van der Waals surface area contributed by atoms with Gasteiger partial charge in [0.1, 0.15) is 24.0 Å². The van der Waals surface area contributed by atoms with Crippen LogP contribution in [-0.2, 0) is 23.9 Å². The summed E-state index contributed by atoms with van der Waals surface area (Å²) in [5.74, 6) is -2.56. The van der Waals surface area contributed by atoms with Gasteiger partial charge in [-0.25, -0.2) is 14.6 Å². The van der Waals surface area contributed by atoms with Gasteiger partial charge in [0.15, 0.2) is 5.16 Å². The summed E-state index contributed by atoms with van der Waals surface area (Å²) in [5, 5.41) is 18.0. The fourth-order valence-corrected chi connectivity index (χ4v) is 4.85. The second kappa shape index (κ2) is 8.30. The molecule has 5 N–H and O–H groups in total. The number of aromatic amines is 1. The van der Waals surface area contributed by atoms with E-state index < -0.39 is 35.0 Å². The number of β-lactam (4-membered cyclic amide) rings is 1.